The van der Waals surface area contributed by atoms with Gasteiger partial charge in [0.05, 0.1) is 13.2 Å². The number of carbonyl (C=O) groups excluding carboxylic acids is 2. The van der Waals surface area contributed by atoms with E-state index in [1.54, 1.807) is 30.3 Å². The van der Waals surface area contributed by atoms with Gasteiger partial charge in [-0.05, 0) is 42.1 Å². The lowest BCUT2D eigenvalue weighted by atomic mass is 10.0. The van der Waals surface area contributed by atoms with Crippen LogP contribution in [0.25, 0.3) is 16.8 Å². The molecular weight excluding hydrogens is 380 g/mol. The molecule has 2 amide bonds. The van der Waals surface area contributed by atoms with E-state index in [0.29, 0.717) is 12.2 Å². The number of carbonyl (C=O) groups is 2. The van der Waals surface area contributed by atoms with Gasteiger partial charge in [-0.2, -0.15) is 0 Å². The van der Waals surface area contributed by atoms with E-state index in [9.17, 15) is 9.59 Å². The lowest BCUT2D eigenvalue weighted by molar-refractivity contribution is -0.117. The van der Waals surface area contributed by atoms with E-state index in [-0.39, 0.29) is 18.8 Å². The third-order valence-corrected chi connectivity index (χ3v) is 4.44. The number of rotatable bonds is 8. The molecule has 0 saturated carbocycles. The van der Waals surface area contributed by atoms with Gasteiger partial charge in [-0.25, -0.2) is 0 Å². The molecule has 3 N–H and O–H groups in total. The number of hydrogen-bond acceptors (Lipinski definition) is 4. The Kier molecular flexibility index (Phi) is 7.19. The Morgan fingerprint density at radius 3 is 2.37 bits per heavy atom. The van der Waals surface area contributed by atoms with Crippen molar-refractivity contribution < 1.29 is 19.4 Å². The summed E-state index contributed by atoms with van der Waals surface area (Å²) in [6.45, 7) is 2.35. The van der Waals surface area contributed by atoms with Crippen molar-refractivity contribution in [1.82, 2.24) is 10.6 Å². The lowest BCUT2D eigenvalue weighted by Crippen LogP contribution is -2.36. The summed E-state index contributed by atoms with van der Waals surface area (Å²) in [7, 11) is 0. The van der Waals surface area contributed by atoms with Crippen LogP contribution in [0.2, 0.25) is 0 Å². The Labute approximate surface area is 175 Å². The van der Waals surface area contributed by atoms with Gasteiger partial charge in [-0.15, -0.1) is 0 Å². The Bertz CT molecular complexity index is 1060. The molecule has 0 heterocycles. The maximum Gasteiger partial charge on any atom is 0.267 e. The topological polar surface area (TPSA) is 87.7 Å². The fraction of sp³-hybridized carbons (Fsp3) is 0.167. The number of aliphatic hydroxyl groups excluding tert-OH is 1. The first kappa shape index (κ1) is 21.1. The zero-order valence-electron chi connectivity index (χ0n) is 16.7. The average molecular weight is 404 g/mol. The van der Waals surface area contributed by atoms with E-state index in [2.05, 4.69) is 10.6 Å². The molecule has 0 fully saturated rings. The molecular formula is C24H24N2O4. The van der Waals surface area contributed by atoms with Crippen LogP contribution in [0, 0.1) is 0 Å². The molecule has 154 valence electrons. The highest BCUT2D eigenvalue weighted by Gasteiger charge is 2.15. The highest BCUT2D eigenvalue weighted by molar-refractivity contribution is 6.07. The zero-order valence-corrected chi connectivity index (χ0v) is 16.7. The van der Waals surface area contributed by atoms with Gasteiger partial charge in [0.15, 0.2) is 0 Å². The second-order valence-corrected chi connectivity index (χ2v) is 6.49. The van der Waals surface area contributed by atoms with Crippen LogP contribution in [0.5, 0.6) is 5.75 Å². The van der Waals surface area contributed by atoms with Crippen LogP contribution in [0.4, 0.5) is 0 Å². The minimum absolute atomic E-state index is 0.0847. The van der Waals surface area contributed by atoms with E-state index in [4.69, 9.17) is 9.84 Å². The molecule has 3 aromatic carbocycles. The van der Waals surface area contributed by atoms with Crippen LogP contribution in [0.1, 0.15) is 22.8 Å². The molecule has 0 spiro atoms. The number of amides is 2. The number of benzene rings is 3. The van der Waals surface area contributed by atoms with E-state index < -0.39 is 11.8 Å². The van der Waals surface area contributed by atoms with Crippen LogP contribution < -0.4 is 15.4 Å². The van der Waals surface area contributed by atoms with E-state index in [0.717, 1.165) is 22.1 Å². The van der Waals surface area contributed by atoms with Gasteiger partial charge in [0.1, 0.15) is 11.4 Å². The normalized spacial score (nSPS) is 11.2. The highest BCUT2D eigenvalue weighted by Crippen LogP contribution is 2.29. The van der Waals surface area contributed by atoms with Crippen molar-refractivity contribution in [3.05, 3.63) is 83.6 Å². The Balaban J connectivity index is 2.01. The lowest BCUT2D eigenvalue weighted by Gasteiger charge is -2.13. The van der Waals surface area contributed by atoms with Crippen LogP contribution in [0.15, 0.2) is 72.4 Å². The SMILES string of the molecule is CCOc1ccc(/C=C(/NC(=O)c2ccccc2)C(=O)NCCO)c2ccccc12. The number of fused-ring (bicyclic) bond motifs is 1. The van der Waals surface area contributed by atoms with E-state index in [1.807, 2.05) is 49.4 Å². The van der Waals surface area contributed by atoms with Crippen LogP contribution >= 0.6 is 0 Å². The summed E-state index contributed by atoms with van der Waals surface area (Å²) in [4.78, 5) is 25.3. The summed E-state index contributed by atoms with van der Waals surface area (Å²) in [5.74, 6) is -0.118. The third kappa shape index (κ3) is 5.04. The number of hydrogen-bond donors (Lipinski definition) is 3. The summed E-state index contributed by atoms with van der Waals surface area (Å²) in [6, 6.07) is 20.1. The van der Waals surface area contributed by atoms with Gasteiger partial charge >= 0.3 is 0 Å². The Morgan fingerprint density at radius 2 is 1.67 bits per heavy atom. The molecule has 0 saturated heterocycles. The molecule has 30 heavy (non-hydrogen) atoms. The molecule has 0 radical (unpaired) electrons. The number of ether oxygens (including phenoxy) is 1. The van der Waals surface area contributed by atoms with Gasteiger partial charge in [-0.3, -0.25) is 9.59 Å². The number of aliphatic hydroxyl groups is 1. The molecule has 0 aliphatic rings. The molecule has 0 aromatic heterocycles. The maximum atomic E-state index is 12.6. The number of nitrogens with one attached hydrogen (secondary N) is 2. The van der Waals surface area contributed by atoms with Crippen molar-refractivity contribution in [2.24, 2.45) is 0 Å². The average Bonchev–Trinajstić information content (AvgIpc) is 2.79. The predicted molar refractivity (Wildman–Crippen MR) is 117 cm³/mol. The van der Waals surface area contributed by atoms with Gasteiger partial charge < -0.3 is 20.5 Å². The summed E-state index contributed by atoms with van der Waals surface area (Å²) in [6.07, 6.45) is 1.63. The third-order valence-electron chi connectivity index (χ3n) is 4.44. The molecule has 0 bridgehead atoms. The first-order valence-electron chi connectivity index (χ1n) is 9.75. The summed E-state index contributed by atoms with van der Waals surface area (Å²) in [5.41, 5.74) is 1.29. The molecule has 3 aromatic rings. The Morgan fingerprint density at radius 1 is 0.967 bits per heavy atom. The second-order valence-electron chi connectivity index (χ2n) is 6.49. The fourth-order valence-electron chi connectivity index (χ4n) is 3.06. The summed E-state index contributed by atoms with van der Waals surface area (Å²) in [5, 5.41) is 16.1. The van der Waals surface area contributed by atoms with Crippen molar-refractivity contribution in [2.45, 2.75) is 6.92 Å². The van der Waals surface area contributed by atoms with Crippen LogP contribution in [-0.4, -0.2) is 36.7 Å². The summed E-state index contributed by atoms with van der Waals surface area (Å²) < 4.78 is 5.70. The van der Waals surface area contributed by atoms with Gasteiger partial charge in [0.2, 0.25) is 0 Å². The minimum atomic E-state index is -0.480. The quantitative estimate of drug-likeness (QED) is 0.504. The molecule has 0 unspecified atom stereocenters. The maximum absolute atomic E-state index is 12.6. The molecule has 3 rings (SSSR count). The second kappa shape index (κ2) is 10.2. The molecule has 6 heteroatoms. The van der Waals surface area contributed by atoms with Crippen LogP contribution in [0.3, 0.4) is 0 Å². The van der Waals surface area contributed by atoms with Crippen molar-refractivity contribution in [2.75, 3.05) is 19.8 Å². The molecule has 0 aliphatic heterocycles. The predicted octanol–water partition coefficient (Wildman–Crippen LogP) is 3.12. The fourth-order valence-corrected chi connectivity index (χ4v) is 3.06. The monoisotopic (exact) mass is 404 g/mol. The minimum Gasteiger partial charge on any atom is -0.493 e. The van der Waals surface area contributed by atoms with Crippen molar-refractivity contribution in [3.63, 3.8) is 0 Å². The van der Waals surface area contributed by atoms with E-state index >= 15 is 0 Å². The van der Waals surface area contributed by atoms with Gasteiger partial charge in [0, 0.05) is 17.5 Å². The summed E-state index contributed by atoms with van der Waals surface area (Å²) >= 11 is 0. The van der Waals surface area contributed by atoms with Crippen molar-refractivity contribution in [3.8, 4) is 5.75 Å². The Hall–Kier alpha value is -3.64. The smallest absolute Gasteiger partial charge is 0.267 e. The highest BCUT2D eigenvalue weighted by atomic mass is 16.5. The first-order chi connectivity index (χ1) is 14.6. The first-order valence-corrected chi connectivity index (χ1v) is 9.75. The van der Waals surface area contributed by atoms with E-state index in [1.165, 1.54) is 0 Å². The largest absolute Gasteiger partial charge is 0.493 e. The van der Waals surface area contributed by atoms with Crippen molar-refractivity contribution in [1.29, 1.82) is 0 Å². The molecule has 6 nitrogen and oxygen atoms in total. The zero-order chi connectivity index (χ0) is 21.3. The molecule has 0 aliphatic carbocycles. The van der Waals surface area contributed by atoms with Crippen molar-refractivity contribution >= 4 is 28.7 Å². The van der Waals surface area contributed by atoms with Gasteiger partial charge in [0.25, 0.3) is 11.8 Å². The standard InChI is InChI=1S/C24H24N2O4/c1-2-30-22-13-12-18(19-10-6-7-11-20(19)22)16-21(24(29)25-14-15-27)26-23(28)17-8-4-3-5-9-17/h3-13,16,27H,2,14-15H2,1H3,(H,25,29)(H,26,28)/b21-16+. The van der Waals surface area contributed by atoms with Gasteiger partial charge in [-0.1, -0.05) is 48.5 Å². The van der Waals surface area contributed by atoms with Crippen LogP contribution in [-0.2, 0) is 4.79 Å². The molecule has 0 atom stereocenters.